The van der Waals surface area contributed by atoms with Crippen LogP contribution in [0.4, 0.5) is 5.69 Å². The third kappa shape index (κ3) is 5.46. The molecule has 0 aliphatic heterocycles. The summed E-state index contributed by atoms with van der Waals surface area (Å²) in [5.41, 5.74) is 0.578. The highest BCUT2D eigenvalue weighted by atomic mass is 16.5. The zero-order valence-corrected chi connectivity index (χ0v) is 11.8. The number of aliphatic hydroxyl groups is 2. The van der Waals surface area contributed by atoms with Crippen LogP contribution in [0.2, 0.25) is 0 Å². The average Bonchev–Trinajstić information content (AvgIpc) is 2.43. The van der Waals surface area contributed by atoms with Gasteiger partial charge in [-0.05, 0) is 25.5 Å². The molecule has 6 nitrogen and oxygen atoms in total. The zero-order valence-electron chi connectivity index (χ0n) is 11.8. The molecule has 0 fully saturated rings. The lowest BCUT2D eigenvalue weighted by molar-refractivity contribution is -0.116. The zero-order chi connectivity index (χ0) is 15.0. The SMILES string of the molecule is COc1ccc(NC(=O)CCC(C)O)cc1OCCO. The molecule has 20 heavy (non-hydrogen) atoms. The van der Waals surface area contributed by atoms with E-state index < -0.39 is 6.10 Å². The van der Waals surface area contributed by atoms with Crippen molar-refractivity contribution >= 4 is 11.6 Å². The van der Waals surface area contributed by atoms with E-state index in [1.807, 2.05) is 0 Å². The van der Waals surface area contributed by atoms with Gasteiger partial charge in [-0.1, -0.05) is 0 Å². The molecule has 0 aromatic heterocycles. The maximum absolute atomic E-state index is 11.7. The third-order valence-electron chi connectivity index (χ3n) is 2.59. The standard InChI is InChI=1S/C14H21NO5/c1-10(17)3-6-14(18)15-11-4-5-12(19-2)13(9-11)20-8-7-16/h4-5,9-10,16-17H,3,6-8H2,1-2H3,(H,15,18). The van der Waals surface area contributed by atoms with E-state index in [0.717, 1.165) is 0 Å². The Morgan fingerprint density at radius 3 is 2.75 bits per heavy atom. The van der Waals surface area contributed by atoms with E-state index in [2.05, 4.69) is 5.32 Å². The first-order valence-corrected chi connectivity index (χ1v) is 6.46. The summed E-state index contributed by atoms with van der Waals surface area (Å²) in [6.07, 6.45) is 0.159. The fourth-order valence-corrected chi connectivity index (χ4v) is 1.59. The lowest BCUT2D eigenvalue weighted by Crippen LogP contribution is -2.14. The van der Waals surface area contributed by atoms with Gasteiger partial charge in [0.15, 0.2) is 11.5 Å². The number of nitrogens with one attached hydrogen (secondary N) is 1. The van der Waals surface area contributed by atoms with Gasteiger partial charge in [-0.2, -0.15) is 0 Å². The molecule has 1 amide bonds. The van der Waals surface area contributed by atoms with E-state index in [4.69, 9.17) is 19.7 Å². The van der Waals surface area contributed by atoms with Crippen LogP contribution < -0.4 is 14.8 Å². The van der Waals surface area contributed by atoms with E-state index in [-0.39, 0.29) is 25.5 Å². The van der Waals surface area contributed by atoms with Crippen molar-refractivity contribution in [1.29, 1.82) is 0 Å². The second-order valence-corrected chi connectivity index (χ2v) is 4.37. The van der Waals surface area contributed by atoms with E-state index in [1.54, 1.807) is 25.1 Å². The largest absolute Gasteiger partial charge is 0.493 e. The normalized spacial score (nSPS) is 11.8. The van der Waals surface area contributed by atoms with Crippen LogP contribution in [0.25, 0.3) is 0 Å². The molecule has 1 aromatic carbocycles. The maximum Gasteiger partial charge on any atom is 0.224 e. The number of carbonyl (C=O) groups is 1. The molecule has 0 bridgehead atoms. The highest BCUT2D eigenvalue weighted by molar-refractivity contribution is 5.91. The average molecular weight is 283 g/mol. The number of ether oxygens (including phenoxy) is 2. The van der Waals surface area contributed by atoms with Crippen molar-refractivity contribution in [1.82, 2.24) is 0 Å². The Morgan fingerprint density at radius 2 is 2.15 bits per heavy atom. The molecule has 1 atom stereocenters. The number of carbonyl (C=O) groups excluding carboxylic acids is 1. The van der Waals surface area contributed by atoms with Gasteiger partial charge < -0.3 is 25.0 Å². The molecule has 0 radical (unpaired) electrons. The quantitative estimate of drug-likeness (QED) is 0.666. The predicted molar refractivity (Wildman–Crippen MR) is 75.1 cm³/mol. The molecule has 112 valence electrons. The van der Waals surface area contributed by atoms with Gasteiger partial charge in [0.05, 0.1) is 19.8 Å². The summed E-state index contributed by atoms with van der Waals surface area (Å²) in [5, 5.41) is 20.6. The first kappa shape index (κ1) is 16.3. The number of benzene rings is 1. The number of hydrogen-bond acceptors (Lipinski definition) is 5. The van der Waals surface area contributed by atoms with Gasteiger partial charge in [0.2, 0.25) is 5.91 Å². The molecule has 0 heterocycles. The van der Waals surface area contributed by atoms with Gasteiger partial charge in [0.1, 0.15) is 6.61 Å². The van der Waals surface area contributed by atoms with Crippen molar-refractivity contribution in [2.45, 2.75) is 25.9 Å². The Morgan fingerprint density at radius 1 is 1.40 bits per heavy atom. The smallest absolute Gasteiger partial charge is 0.224 e. The summed E-state index contributed by atoms with van der Waals surface area (Å²) in [5.74, 6) is 0.805. The summed E-state index contributed by atoms with van der Waals surface area (Å²) in [7, 11) is 1.52. The predicted octanol–water partition coefficient (Wildman–Crippen LogP) is 1.17. The van der Waals surface area contributed by atoms with Crippen molar-refractivity contribution in [3.8, 4) is 11.5 Å². The van der Waals surface area contributed by atoms with Crippen molar-refractivity contribution in [3.05, 3.63) is 18.2 Å². The van der Waals surface area contributed by atoms with E-state index >= 15 is 0 Å². The number of hydrogen-bond donors (Lipinski definition) is 3. The lowest BCUT2D eigenvalue weighted by Gasteiger charge is -2.12. The van der Waals surface area contributed by atoms with Crippen molar-refractivity contribution in [2.75, 3.05) is 25.6 Å². The Bertz CT molecular complexity index is 434. The van der Waals surface area contributed by atoms with Crippen LogP contribution >= 0.6 is 0 Å². The Kier molecular flexibility index (Phi) is 6.83. The van der Waals surface area contributed by atoms with E-state index in [0.29, 0.717) is 23.6 Å². The molecule has 0 saturated heterocycles. The van der Waals surface area contributed by atoms with Gasteiger partial charge >= 0.3 is 0 Å². The number of anilines is 1. The fourth-order valence-electron chi connectivity index (χ4n) is 1.59. The van der Waals surface area contributed by atoms with Crippen molar-refractivity contribution < 1.29 is 24.5 Å². The first-order chi connectivity index (χ1) is 9.56. The van der Waals surface area contributed by atoms with E-state index in [9.17, 15) is 4.79 Å². The highest BCUT2D eigenvalue weighted by Gasteiger charge is 2.09. The molecule has 6 heteroatoms. The van der Waals surface area contributed by atoms with Gasteiger partial charge in [0, 0.05) is 18.2 Å². The van der Waals surface area contributed by atoms with Gasteiger partial charge in [-0.3, -0.25) is 4.79 Å². The monoisotopic (exact) mass is 283 g/mol. The van der Waals surface area contributed by atoms with Crippen LogP contribution in [0, 0.1) is 0 Å². The van der Waals surface area contributed by atoms with Crippen LogP contribution in [0.3, 0.4) is 0 Å². The van der Waals surface area contributed by atoms with Crippen LogP contribution in [0.5, 0.6) is 11.5 Å². The molecule has 0 spiro atoms. The summed E-state index contributed by atoms with van der Waals surface area (Å²) < 4.78 is 10.5. The van der Waals surface area contributed by atoms with Crippen LogP contribution in [-0.2, 0) is 4.79 Å². The van der Waals surface area contributed by atoms with Gasteiger partial charge in [-0.25, -0.2) is 0 Å². The minimum atomic E-state index is -0.500. The van der Waals surface area contributed by atoms with E-state index in [1.165, 1.54) is 7.11 Å². The molecule has 1 unspecified atom stereocenters. The summed E-state index contributed by atoms with van der Waals surface area (Å²) >= 11 is 0. The maximum atomic E-state index is 11.7. The third-order valence-corrected chi connectivity index (χ3v) is 2.59. The second kappa shape index (κ2) is 8.39. The number of aliphatic hydroxyl groups excluding tert-OH is 2. The van der Waals surface area contributed by atoms with Crippen molar-refractivity contribution in [2.24, 2.45) is 0 Å². The molecule has 3 N–H and O–H groups in total. The fraction of sp³-hybridized carbons (Fsp3) is 0.500. The first-order valence-electron chi connectivity index (χ1n) is 6.46. The summed E-state index contributed by atoms with van der Waals surface area (Å²) in [6, 6.07) is 5.01. The second-order valence-electron chi connectivity index (χ2n) is 4.37. The minimum Gasteiger partial charge on any atom is -0.493 e. The number of amides is 1. The van der Waals surface area contributed by atoms with Gasteiger partial charge in [0.25, 0.3) is 0 Å². The molecule has 1 rings (SSSR count). The van der Waals surface area contributed by atoms with Gasteiger partial charge in [-0.15, -0.1) is 0 Å². The van der Waals surface area contributed by atoms with Crippen LogP contribution in [-0.4, -0.2) is 42.5 Å². The molecule has 0 saturated carbocycles. The number of rotatable bonds is 8. The molecular formula is C14H21NO5. The summed E-state index contributed by atoms with van der Waals surface area (Å²) in [6.45, 7) is 1.69. The molecule has 1 aromatic rings. The Hall–Kier alpha value is -1.79. The van der Waals surface area contributed by atoms with Crippen LogP contribution in [0.15, 0.2) is 18.2 Å². The molecule has 0 aliphatic rings. The Balaban J connectivity index is 2.68. The minimum absolute atomic E-state index is 0.103. The number of methoxy groups -OCH3 is 1. The topological polar surface area (TPSA) is 88.0 Å². The molecule has 0 aliphatic carbocycles. The summed E-state index contributed by atoms with van der Waals surface area (Å²) in [4.78, 5) is 11.7. The van der Waals surface area contributed by atoms with Crippen LogP contribution in [0.1, 0.15) is 19.8 Å². The highest BCUT2D eigenvalue weighted by Crippen LogP contribution is 2.30. The lowest BCUT2D eigenvalue weighted by atomic mass is 10.2. The van der Waals surface area contributed by atoms with Crippen molar-refractivity contribution in [3.63, 3.8) is 0 Å². The Labute approximate surface area is 118 Å². The molecular weight excluding hydrogens is 262 g/mol.